The number of hydrogen-bond donors (Lipinski definition) is 1. The summed E-state index contributed by atoms with van der Waals surface area (Å²) in [7, 11) is 0. The third kappa shape index (κ3) is 1.73. The summed E-state index contributed by atoms with van der Waals surface area (Å²) in [5.41, 5.74) is 2.16. The van der Waals surface area contributed by atoms with Crippen LogP contribution in [0.4, 0.5) is 0 Å². The molecule has 16 heavy (non-hydrogen) atoms. The minimum atomic E-state index is -0.626. The zero-order valence-electron chi connectivity index (χ0n) is 9.28. The van der Waals surface area contributed by atoms with Crippen molar-refractivity contribution in [2.75, 3.05) is 0 Å². The molecule has 1 aromatic carbocycles. The van der Waals surface area contributed by atoms with Crippen molar-refractivity contribution in [3.63, 3.8) is 0 Å². The molecule has 0 heterocycles. The quantitative estimate of drug-likeness (QED) is 0.840. The molecule has 2 aliphatic rings. The van der Waals surface area contributed by atoms with Crippen LogP contribution in [0.25, 0.3) is 0 Å². The summed E-state index contributed by atoms with van der Waals surface area (Å²) in [5.74, 6) is 0.155. The third-order valence-corrected chi connectivity index (χ3v) is 3.88. The largest absolute Gasteiger partial charge is 0.481 e. The summed E-state index contributed by atoms with van der Waals surface area (Å²) in [6.45, 7) is 0. The van der Waals surface area contributed by atoms with E-state index in [9.17, 15) is 4.79 Å². The first kappa shape index (κ1) is 9.88. The molecule has 2 saturated carbocycles. The lowest BCUT2D eigenvalue weighted by molar-refractivity contribution is -0.143. The van der Waals surface area contributed by atoms with Gasteiger partial charge in [-0.15, -0.1) is 0 Å². The van der Waals surface area contributed by atoms with Gasteiger partial charge < -0.3 is 5.11 Å². The molecule has 0 unspecified atom stereocenters. The highest BCUT2D eigenvalue weighted by Gasteiger charge is 2.49. The van der Waals surface area contributed by atoms with E-state index in [1.54, 1.807) is 0 Å². The molecule has 2 aliphatic carbocycles. The molecule has 0 saturated heterocycles. The average Bonchev–Trinajstić information content (AvgIpc) is 3.14. The maximum Gasteiger partial charge on any atom is 0.309 e. The molecule has 2 heteroatoms. The van der Waals surface area contributed by atoms with E-state index in [0.717, 1.165) is 18.8 Å². The zero-order chi connectivity index (χ0) is 11.2. The lowest BCUT2D eigenvalue weighted by atomic mass is 9.95. The third-order valence-electron chi connectivity index (χ3n) is 3.88. The van der Waals surface area contributed by atoms with E-state index in [0.29, 0.717) is 6.42 Å². The van der Waals surface area contributed by atoms with E-state index in [2.05, 4.69) is 24.3 Å². The highest BCUT2D eigenvalue weighted by atomic mass is 16.4. The molecular formula is C14H16O2. The highest BCUT2D eigenvalue weighted by molar-refractivity contribution is 5.78. The predicted molar refractivity (Wildman–Crippen MR) is 61.4 cm³/mol. The summed E-state index contributed by atoms with van der Waals surface area (Å²) in [5, 5.41) is 9.12. The van der Waals surface area contributed by atoms with Crippen LogP contribution in [-0.2, 0) is 11.2 Å². The van der Waals surface area contributed by atoms with Gasteiger partial charge in [-0.3, -0.25) is 4.79 Å². The van der Waals surface area contributed by atoms with E-state index in [1.807, 2.05) is 0 Å². The summed E-state index contributed by atoms with van der Waals surface area (Å²) in [6.07, 6.45) is 5.02. The van der Waals surface area contributed by atoms with Gasteiger partial charge in [0.1, 0.15) is 0 Å². The Bertz CT molecular complexity index is 411. The topological polar surface area (TPSA) is 37.3 Å². The second-order valence-electron chi connectivity index (χ2n) is 5.28. The number of carboxylic acid groups (broad SMARTS) is 1. The smallest absolute Gasteiger partial charge is 0.309 e. The highest BCUT2D eigenvalue weighted by Crippen LogP contribution is 2.48. The average molecular weight is 216 g/mol. The van der Waals surface area contributed by atoms with Gasteiger partial charge in [-0.05, 0) is 49.1 Å². The number of carbonyl (C=O) groups is 1. The normalized spacial score (nSPS) is 21.8. The summed E-state index contributed by atoms with van der Waals surface area (Å²) < 4.78 is 0. The van der Waals surface area contributed by atoms with Crippen LogP contribution >= 0.6 is 0 Å². The van der Waals surface area contributed by atoms with Gasteiger partial charge in [-0.2, -0.15) is 0 Å². The van der Waals surface area contributed by atoms with Gasteiger partial charge in [0.25, 0.3) is 0 Å². The van der Waals surface area contributed by atoms with Gasteiger partial charge >= 0.3 is 5.97 Å². The van der Waals surface area contributed by atoms with Crippen LogP contribution in [0.3, 0.4) is 0 Å². The van der Waals surface area contributed by atoms with Crippen molar-refractivity contribution in [1.29, 1.82) is 0 Å². The molecule has 0 spiro atoms. The Hall–Kier alpha value is -1.31. The number of benzene rings is 1. The minimum absolute atomic E-state index is 0.429. The van der Waals surface area contributed by atoms with Gasteiger partial charge in [-0.25, -0.2) is 0 Å². The van der Waals surface area contributed by atoms with Gasteiger partial charge in [0, 0.05) is 0 Å². The lowest BCUT2D eigenvalue weighted by Gasteiger charge is -2.09. The molecule has 3 rings (SSSR count). The van der Waals surface area contributed by atoms with Gasteiger partial charge in [0.15, 0.2) is 0 Å². The Morgan fingerprint density at radius 1 is 1.25 bits per heavy atom. The van der Waals surface area contributed by atoms with Crippen molar-refractivity contribution < 1.29 is 9.90 Å². The van der Waals surface area contributed by atoms with Crippen LogP contribution in [0.15, 0.2) is 24.3 Å². The standard InChI is InChI=1S/C14H16O2/c15-13(16)14(7-8-14)9-10-1-3-11(4-2-10)12-5-6-12/h1-4,12H,5-9H2,(H,15,16). The summed E-state index contributed by atoms with van der Waals surface area (Å²) >= 11 is 0. The molecule has 0 radical (unpaired) electrons. The molecule has 2 fully saturated rings. The van der Waals surface area contributed by atoms with Crippen LogP contribution in [0.2, 0.25) is 0 Å². The van der Waals surface area contributed by atoms with Gasteiger partial charge in [0.05, 0.1) is 5.41 Å². The first-order valence-corrected chi connectivity index (χ1v) is 6.02. The fraction of sp³-hybridized carbons (Fsp3) is 0.500. The maximum absolute atomic E-state index is 11.1. The van der Waals surface area contributed by atoms with Crippen LogP contribution in [-0.4, -0.2) is 11.1 Å². The number of hydrogen-bond acceptors (Lipinski definition) is 1. The van der Waals surface area contributed by atoms with Crippen molar-refractivity contribution in [1.82, 2.24) is 0 Å². The summed E-state index contributed by atoms with van der Waals surface area (Å²) in [6, 6.07) is 8.56. The fourth-order valence-electron chi connectivity index (χ4n) is 2.33. The predicted octanol–water partition coefficient (Wildman–Crippen LogP) is 2.97. The molecule has 1 N–H and O–H groups in total. The monoisotopic (exact) mass is 216 g/mol. The Balaban J connectivity index is 1.73. The first-order chi connectivity index (χ1) is 7.70. The molecule has 0 atom stereocenters. The van der Waals surface area contributed by atoms with Crippen molar-refractivity contribution in [3.8, 4) is 0 Å². The maximum atomic E-state index is 11.1. The van der Waals surface area contributed by atoms with E-state index in [1.165, 1.54) is 24.0 Å². The Morgan fingerprint density at radius 3 is 2.31 bits per heavy atom. The molecule has 2 nitrogen and oxygen atoms in total. The fourth-order valence-corrected chi connectivity index (χ4v) is 2.33. The molecule has 0 amide bonds. The zero-order valence-corrected chi connectivity index (χ0v) is 9.28. The van der Waals surface area contributed by atoms with Crippen LogP contribution < -0.4 is 0 Å². The number of rotatable bonds is 4. The summed E-state index contributed by atoms with van der Waals surface area (Å²) in [4.78, 5) is 11.1. The van der Waals surface area contributed by atoms with Crippen LogP contribution in [0.1, 0.15) is 42.7 Å². The number of aliphatic carboxylic acids is 1. The Morgan fingerprint density at radius 2 is 1.88 bits per heavy atom. The van der Waals surface area contributed by atoms with E-state index in [-0.39, 0.29) is 0 Å². The van der Waals surface area contributed by atoms with Crippen molar-refractivity contribution in [2.24, 2.45) is 5.41 Å². The SMILES string of the molecule is O=C(O)C1(Cc2ccc(C3CC3)cc2)CC1. The molecule has 0 aliphatic heterocycles. The van der Waals surface area contributed by atoms with Gasteiger partial charge in [0.2, 0.25) is 0 Å². The lowest BCUT2D eigenvalue weighted by Crippen LogP contribution is -2.17. The number of carboxylic acids is 1. The molecule has 0 bridgehead atoms. The first-order valence-electron chi connectivity index (χ1n) is 6.02. The second-order valence-corrected chi connectivity index (χ2v) is 5.28. The van der Waals surface area contributed by atoms with E-state index >= 15 is 0 Å². The van der Waals surface area contributed by atoms with Gasteiger partial charge in [-0.1, -0.05) is 24.3 Å². The second kappa shape index (κ2) is 3.34. The van der Waals surface area contributed by atoms with Crippen molar-refractivity contribution in [2.45, 2.75) is 38.0 Å². The Kier molecular flexibility index (Phi) is 2.06. The van der Waals surface area contributed by atoms with Crippen molar-refractivity contribution in [3.05, 3.63) is 35.4 Å². The van der Waals surface area contributed by atoms with E-state index < -0.39 is 11.4 Å². The minimum Gasteiger partial charge on any atom is -0.481 e. The Labute approximate surface area is 95.3 Å². The van der Waals surface area contributed by atoms with Crippen LogP contribution in [0, 0.1) is 5.41 Å². The molecular weight excluding hydrogens is 200 g/mol. The van der Waals surface area contributed by atoms with E-state index in [4.69, 9.17) is 5.11 Å². The van der Waals surface area contributed by atoms with Crippen LogP contribution in [0.5, 0.6) is 0 Å². The molecule has 84 valence electrons. The van der Waals surface area contributed by atoms with Crippen molar-refractivity contribution >= 4 is 5.97 Å². The molecule has 1 aromatic rings. The molecule has 0 aromatic heterocycles.